The number of aliphatic hydroxyl groups excluding tert-OH is 1. The van der Waals surface area contributed by atoms with E-state index in [-0.39, 0.29) is 46.9 Å². The molecule has 22 heavy (non-hydrogen) atoms. The lowest BCUT2D eigenvalue weighted by Gasteiger charge is -2.21. The van der Waals surface area contributed by atoms with Crippen LogP contribution in [-0.4, -0.2) is 40.0 Å². The Morgan fingerprint density at radius 2 is 1.50 bits per heavy atom. The van der Waals surface area contributed by atoms with E-state index < -0.39 is 11.6 Å². The second kappa shape index (κ2) is 5.16. The van der Waals surface area contributed by atoms with Gasteiger partial charge in [-0.25, -0.2) is 0 Å². The Hall–Kier alpha value is -2.86. The summed E-state index contributed by atoms with van der Waals surface area (Å²) in [6.07, 6.45) is 0. The first kappa shape index (κ1) is 14.1. The van der Waals surface area contributed by atoms with Crippen molar-refractivity contribution in [1.82, 2.24) is 0 Å². The minimum Gasteiger partial charge on any atom is -0.507 e. The van der Waals surface area contributed by atoms with Crippen LogP contribution >= 0.6 is 0 Å². The van der Waals surface area contributed by atoms with Gasteiger partial charge in [0.15, 0.2) is 11.6 Å². The average molecular weight is 299 g/mol. The SMILES string of the molecule is O=C1c2cccc(NCCO)c2C(=O)c2c(O)ccc(O)c21. The summed E-state index contributed by atoms with van der Waals surface area (Å²) in [5.74, 6) is -1.76. The largest absolute Gasteiger partial charge is 0.507 e. The number of anilines is 1. The molecule has 2 aromatic rings. The third-order valence-corrected chi connectivity index (χ3v) is 3.58. The van der Waals surface area contributed by atoms with Crippen LogP contribution in [0, 0.1) is 0 Å². The molecule has 0 radical (unpaired) electrons. The molecule has 0 saturated carbocycles. The van der Waals surface area contributed by atoms with E-state index in [1.807, 2.05) is 0 Å². The number of hydrogen-bond acceptors (Lipinski definition) is 6. The number of aromatic hydroxyl groups is 2. The number of ketones is 2. The Morgan fingerprint density at radius 1 is 0.864 bits per heavy atom. The van der Waals surface area contributed by atoms with Crippen molar-refractivity contribution >= 4 is 17.3 Å². The zero-order valence-corrected chi connectivity index (χ0v) is 11.5. The number of carbonyl (C=O) groups is 2. The Balaban J connectivity index is 2.25. The molecule has 0 heterocycles. The van der Waals surface area contributed by atoms with Gasteiger partial charge in [-0.3, -0.25) is 9.59 Å². The molecule has 112 valence electrons. The van der Waals surface area contributed by atoms with Gasteiger partial charge in [0.25, 0.3) is 0 Å². The lowest BCUT2D eigenvalue weighted by atomic mass is 9.82. The standard InChI is InChI=1S/C16H13NO5/c18-7-6-17-9-3-1-2-8-12(9)16(22)14-11(20)5-4-10(19)13(14)15(8)21/h1-5,17-20H,6-7H2. The van der Waals surface area contributed by atoms with E-state index in [1.54, 1.807) is 12.1 Å². The van der Waals surface area contributed by atoms with Gasteiger partial charge in [-0.05, 0) is 18.2 Å². The molecule has 1 aliphatic rings. The van der Waals surface area contributed by atoms with Crippen molar-refractivity contribution in [3.8, 4) is 11.5 Å². The fourth-order valence-electron chi connectivity index (χ4n) is 2.62. The first-order chi connectivity index (χ1) is 10.6. The van der Waals surface area contributed by atoms with Crippen molar-refractivity contribution in [2.75, 3.05) is 18.5 Å². The average Bonchev–Trinajstić information content (AvgIpc) is 2.52. The highest BCUT2D eigenvalue weighted by Crippen LogP contribution is 2.39. The fraction of sp³-hybridized carbons (Fsp3) is 0.125. The van der Waals surface area contributed by atoms with Gasteiger partial charge in [0.2, 0.25) is 0 Å². The zero-order chi connectivity index (χ0) is 15.9. The number of hydrogen-bond donors (Lipinski definition) is 4. The molecule has 0 amide bonds. The summed E-state index contributed by atoms with van der Waals surface area (Å²) in [5, 5.41) is 31.6. The molecule has 0 unspecified atom stereocenters. The maximum absolute atomic E-state index is 12.7. The van der Waals surface area contributed by atoms with Crippen LogP contribution in [0.5, 0.6) is 11.5 Å². The molecule has 0 saturated heterocycles. The number of carbonyl (C=O) groups excluding carboxylic acids is 2. The lowest BCUT2D eigenvalue weighted by molar-refractivity contribution is 0.0974. The topological polar surface area (TPSA) is 107 Å². The predicted molar refractivity (Wildman–Crippen MR) is 78.7 cm³/mol. The number of fused-ring (bicyclic) bond motifs is 2. The molecule has 0 atom stereocenters. The van der Waals surface area contributed by atoms with E-state index in [0.29, 0.717) is 5.69 Å². The summed E-state index contributed by atoms with van der Waals surface area (Å²) in [6, 6.07) is 7.07. The Bertz CT molecular complexity index is 797. The highest BCUT2D eigenvalue weighted by Gasteiger charge is 2.35. The molecule has 6 nitrogen and oxygen atoms in total. The second-order valence-corrected chi connectivity index (χ2v) is 4.89. The van der Waals surface area contributed by atoms with Crippen LogP contribution in [-0.2, 0) is 0 Å². The Labute approximate surface area is 125 Å². The van der Waals surface area contributed by atoms with Gasteiger partial charge >= 0.3 is 0 Å². The summed E-state index contributed by atoms with van der Waals surface area (Å²) in [5.41, 5.74) is 0.307. The normalized spacial score (nSPS) is 12.8. The Morgan fingerprint density at radius 3 is 2.14 bits per heavy atom. The van der Waals surface area contributed by atoms with E-state index in [1.165, 1.54) is 18.2 Å². The van der Waals surface area contributed by atoms with E-state index in [0.717, 1.165) is 0 Å². The smallest absolute Gasteiger partial charge is 0.200 e. The molecule has 1 aliphatic carbocycles. The summed E-state index contributed by atoms with van der Waals surface area (Å²) in [4.78, 5) is 25.2. The van der Waals surface area contributed by atoms with Crippen LogP contribution in [0.25, 0.3) is 0 Å². The van der Waals surface area contributed by atoms with Crippen molar-refractivity contribution in [3.05, 3.63) is 52.6 Å². The molecule has 6 heteroatoms. The number of aliphatic hydroxyl groups is 1. The van der Waals surface area contributed by atoms with Crippen LogP contribution < -0.4 is 5.32 Å². The van der Waals surface area contributed by atoms with Crippen LogP contribution in [0.15, 0.2) is 30.3 Å². The maximum Gasteiger partial charge on any atom is 0.200 e. The summed E-state index contributed by atoms with van der Waals surface area (Å²) in [7, 11) is 0. The number of benzene rings is 2. The van der Waals surface area contributed by atoms with Crippen LogP contribution in [0.1, 0.15) is 31.8 Å². The van der Waals surface area contributed by atoms with Crippen LogP contribution in [0.3, 0.4) is 0 Å². The van der Waals surface area contributed by atoms with E-state index in [2.05, 4.69) is 5.32 Å². The van der Waals surface area contributed by atoms with Gasteiger partial charge in [0.1, 0.15) is 11.5 Å². The van der Waals surface area contributed by atoms with Gasteiger partial charge in [-0.15, -0.1) is 0 Å². The van der Waals surface area contributed by atoms with Crippen LogP contribution in [0.2, 0.25) is 0 Å². The van der Waals surface area contributed by atoms with Gasteiger partial charge in [0, 0.05) is 17.8 Å². The minimum absolute atomic E-state index is 0.131. The third kappa shape index (κ3) is 1.93. The van der Waals surface area contributed by atoms with Gasteiger partial charge < -0.3 is 20.6 Å². The number of rotatable bonds is 3. The van der Waals surface area contributed by atoms with Crippen molar-refractivity contribution in [2.45, 2.75) is 0 Å². The van der Waals surface area contributed by atoms with Crippen LogP contribution in [0.4, 0.5) is 5.69 Å². The first-order valence-corrected chi connectivity index (χ1v) is 6.68. The zero-order valence-electron chi connectivity index (χ0n) is 11.5. The van der Waals surface area contributed by atoms with Gasteiger partial charge in [-0.2, -0.15) is 0 Å². The van der Waals surface area contributed by atoms with Crippen molar-refractivity contribution < 1.29 is 24.9 Å². The van der Waals surface area contributed by atoms with E-state index in [9.17, 15) is 19.8 Å². The molecule has 4 N–H and O–H groups in total. The van der Waals surface area contributed by atoms with Crippen molar-refractivity contribution in [3.63, 3.8) is 0 Å². The third-order valence-electron chi connectivity index (χ3n) is 3.58. The molecular formula is C16H13NO5. The molecular weight excluding hydrogens is 286 g/mol. The predicted octanol–water partition coefficient (Wildman–Crippen LogP) is 1.28. The Kier molecular flexibility index (Phi) is 3.30. The molecule has 0 spiro atoms. The highest BCUT2D eigenvalue weighted by atomic mass is 16.3. The van der Waals surface area contributed by atoms with E-state index in [4.69, 9.17) is 5.11 Å². The van der Waals surface area contributed by atoms with Crippen molar-refractivity contribution in [2.24, 2.45) is 0 Å². The first-order valence-electron chi connectivity index (χ1n) is 6.68. The molecule has 0 aromatic heterocycles. The van der Waals surface area contributed by atoms with Gasteiger partial charge in [-0.1, -0.05) is 12.1 Å². The fourth-order valence-corrected chi connectivity index (χ4v) is 2.62. The summed E-state index contributed by atoms with van der Waals surface area (Å²) in [6.45, 7) is 0.0885. The molecule has 0 fully saturated rings. The molecule has 2 aromatic carbocycles. The summed E-state index contributed by atoms with van der Waals surface area (Å²) < 4.78 is 0. The highest BCUT2D eigenvalue weighted by molar-refractivity contribution is 6.31. The second-order valence-electron chi connectivity index (χ2n) is 4.89. The number of phenols is 2. The number of phenolic OH excluding ortho intramolecular Hbond substituents is 2. The molecule has 0 bridgehead atoms. The molecule has 0 aliphatic heterocycles. The quantitative estimate of drug-likeness (QED) is 0.543. The summed E-state index contributed by atoms with van der Waals surface area (Å²) >= 11 is 0. The van der Waals surface area contributed by atoms with Crippen molar-refractivity contribution in [1.29, 1.82) is 0 Å². The number of nitrogens with one attached hydrogen (secondary N) is 1. The lowest BCUT2D eigenvalue weighted by Crippen LogP contribution is -2.23. The maximum atomic E-state index is 12.7. The van der Waals surface area contributed by atoms with Gasteiger partial charge in [0.05, 0.1) is 23.3 Å². The molecule has 3 rings (SSSR count). The minimum atomic E-state index is -0.543. The monoisotopic (exact) mass is 299 g/mol. The van der Waals surface area contributed by atoms with E-state index >= 15 is 0 Å².